The van der Waals surface area contributed by atoms with Crippen LogP contribution in [-0.4, -0.2) is 4.98 Å². The molecule has 0 atom stereocenters. The number of nitrogens with zero attached hydrogens (tertiary/aromatic N) is 1. The highest BCUT2D eigenvalue weighted by atomic mass is 35.5. The van der Waals surface area contributed by atoms with Crippen molar-refractivity contribution in [2.45, 2.75) is 19.4 Å². The highest BCUT2D eigenvalue weighted by molar-refractivity contribution is 6.17. The number of benzene rings is 2. The van der Waals surface area contributed by atoms with Crippen molar-refractivity contribution >= 4 is 22.5 Å². The van der Waals surface area contributed by atoms with Crippen LogP contribution >= 0.6 is 11.6 Å². The van der Waals surface area contributed by atoms with E-state index in [-0.39, 0.29) is 0 Å². The zero-order chi connectivity index (χ0) is 14.7. The molecule has 0 fully saturated rings. The highest BCUT2D eigenvalue weighted by Crippen LogP contribution is 2.23. The molecule has 2 nitrogen and oxygen atoms in total. The summed E-state index contributed by atoms with van der Waals surface area (Å²) in [5, 5.41) is 1.13. The first-order valence-electron chi connectivity index (χ1n) is 6.90. The van der Waals surface area contributed by atoms with Gasteiger partial charge in [0, 0.05) is 22.2 Å². The fourth-order valence-electron chi connectivity index (χ4n) is 2.42. The summed E-state index contributed by atoms with van der Waals surface area (Å²) in [5.74, 6) is 1.29. The molecule has 3 heteroatoms. The molecule has 0 saturated heterocycles. The van der Waals surface area contributed by atoms with E-state index in [0.717, 1.165) is 33.5 Å². The molecule has 0 N–H and O–H groups in total. The van der Waals surface area contributed by atoms with Crippen LogP contribution in [0.2, 0.25) is 0 Å². The number of ether oxygens (including phenoxy) is 1. The summed E-state index contributed by atoms with van der Waals surface area (Å²) in [6.07, 6.45) is 0. The van der Waals surface area contributed by atoms with Gasteiger partial charge in [-0.05, 0) is 25.1 Å². The second kappa shape index (κ2) is 6.15. The number of para-hydroxylation sites is 2. The fourth-order valence-corrected chi connectivity index (χ4v) is 2.65. The Morgan fingerprint density at radius 3 is 2.62 bits per heavy atom. The van der Waals surface area contributed by atoms with Gasteiger partial charge in [0.05, 0.1) is 11.4 Å². The van der Waals surface area contributed by atoms with E-state index in [1.165, 1.54) is 0 Å². The van der Waals surface area contributed by atoms with Crippen molar-refractivity contribution in [1.82, 2.24) is 4.98 Å². The van der Waals surface area contributed by atoms with E-state index in [9.17, 15) is 0 Å². The molecular formula is C18H16ClNO. The number of hydrogen-bond acceptors (Lipinski definition) is 2. The summed E-state index contributed by atoms with van der Waals surface area (Å²) >= 11 is 5.94. The number of fused-ring (bicyclic) bond motifs is 1. The Hall–Kier alpha value is -2.06. The first kappa shape index (κ1) is 13.9. The van der Waals surface area contributed by atoms with Crippen molar-refractivity contribution in [1.29, 1.82) is 0 Å². The van der Waals surface area contributed by atoms with Gasteiger partial charge in [-0.25, -0.2) is 0 Å². The number of hydrogen-bond donors (Lipinski definition) is 0. The van der Waals surface area contributed by atoms with Crippen LogP contribution in [0.4, 0.5) is 0 Å². The Bertz CT molecular complexity index is 770. The molecule has 21 heavy (non-hydrogen) atoms. The van der Waals surface area contributed by atoms with Crippen LogP contribution in [0.15, 0.2) is 54.6 Å². The number of alkyl halides is 1. The highest BCUT2D eigenvalue weighted by Gasteiger charge is 2.06. The van der Waals surface area contributed by atoms with Crippen LogP contribution in [0.3, 0.4) is 0 Å². The monoisotopic (exact) mass is 297 g/mol. The molecule has 0 spiro atoms. The Morgan fingerprint density at radius 1 is 1.00 bits per heavy atom. The van der Waals surface area contributed by atoms with E-state index in [1.807, 2.05) is 49.4 Å². The largest absolute Gasteiger partial charge is 0.489 e. The summed E-state index contributed by atoms with van der Waals surface area (Å²) in [6.45, 7) is 2.51. The first-order valence-corrected chi connectivity index (χ1v) is 7.43. The number of aromatic nitrogens is 1. The van der Waals surface area contributed by atoms with Gasteiger partial charge in [0.15, 0.2) is 0 Å². The van der Waals surface area contributed by atoms with E-state index in [2.05, 4.69) is 17.1 Å². The first-order chi connectivity index (χ1) is 10.3. The predicted octanol–water partition coefficient (Wildman–Crippen LogP) is 4.86. The van der Waals surface area contributed by atoms with Crippen molar-refractivity contribution in [2.75, 3.05) is 0 Å². The van der Waals surface area contributed by atoms with Crippen LogP contribution in [-0.2, 0) is 12.5 Å². The van der Waals surface area contributed by atoms with Gasteiger partial charge in [-0.15, -0.1) is 11.6 Å². The molecule has 0 unspecified atom stereocenters. The third-order valence-corrected chi connectivity index (χ3v) is 3.72. The molecule has 106 valence electrons. The van der Waals surface area contributed by atoms with Crippen LogP contribution in [0.5, 0.6) is 5.75 Å². The van der Waals surface area contributed by atoms with Crippen LogP contribution in [0, 0.1) is 6.92 Å². The molecule has 1 heterocycles. The minimum Gasteiger partial charge on any atom is -0.489 e. The van der Waals surface area contributed by atoms with Crippen molar-refractivity contribution < 1.29 is 4.74 Å². The second-order valence-electron chi connectivity index (χ2n) is 4.97. The zero-order valence-electron chi connectivity index (χ0n) is 11.8. The van der Waals surface area contributed by atoms with Crippen LogP contribution < -0.4 is 4.74 Å². The maximum atomic E-state index is 5.96. The molecule has 0 saturated carbocycles. The Labute approximate surface area is 129 Å². The summed E-state index contributed by atoms with van der Waals surface area (Å²) in [5.41, 5.74) is 4.15. The molecule has 0 bridgehead atoms. The maximum absolute atomic E-state index is 5.96. The third kappa shape index (κ3) is 3.01. The lowest BCUT2D eigenvalue weighted by Crippen LogP contribution is -2.00. The minimum atomic E-state index is 0.451. The molecule has 2 aromatic carbocycles. The standard InChI is InChI=1S/C18H16ClNO/c1-13-10-15(16-7-3-4-8-17(16)20-13)12-21-18-9-5-2-6-14(18)11-19/h2-10H,11-12H2,1H3. The van der Waals surface area contributed by atoms with E-state index in [4.69, 9.17) is 16.3 Å². The van der Waals surface area contributed by atoms with Crippen LogP contribution in [0.1, 0.15) is 16.8 Å². The van der Waals surface area contributed by atoms with Gasteiger partial charge in [-0.3, -0.25) is 4.98 Å². The van der Waals surface area contributed by atoms with Crippen molar-refractivity contribution in [3.8, 4) is 5.75 Å². The summed E-state index contributed by atoms with van der Waals surface area (Å²) in [4.78, 5) is 4.55. The molecule has 3 aromatic rings. The van der Waals surface area contributed by atoms with Gasteiger partial charge < -0.3 is 4.74 Å². The number of aryl methyl sites for hydroxylation is 1. The SMILES string of the molecule is Cc1cc(COc2ccccc2CCl)c2ccccc2n1. The minimum absolute atomic E-state index is 0.451. The average molecular weight is 298 g/mol. The molecule has 0 aliphatic heterocycles. The van der Waals surface area contributed by atoms with Gasteiger partial charge >= 0.3 is 0 Å². The summed E-state index contributed by atoms with van der Waals surface area (Å²) in [7, 11) is 0. The summed E-state index contributed by atoms with van der Waals surface area (Å²) in [6, 6.07) is 18.1. The fraction of sp³-hybridized carbons (Fsp3) is 0.167. The van der Waals surface area contributed by atoms with Crippen LogP contribution in [0.25, 0.3) is 10.9 Å². The molecule has 1 aromatic heterocycles. The maximum Gasteiger partial charge on any atom is 0.124 e. The van der Waals surface area contributed by atoms with E-state index in [1.54, 1.807) is 0 Å². The Morgan fingerprint density at radius 2 is 1.76 bits per heavy atom. The zero-order valence-corrected chi connectivity index (χ0v) is 12.6. The predicted molar refractivity (Wildman–Crippen MR) is 86.8 cm³/mol. The topological polar surface area (TPSA) is 22.1 Å². The number of pyridine rings is 1. The molecule has 3 rings (SSSR count). The molecule has 0 aliphatic carbocycles. The lowest BCUT2D eigenvalue weighted by atomic mass is 10.1. The lowest BCUT2D eigenvalue weighted by Gasteiger charge is -2.12. The van der Waals surface area contributed by atoms with E-state index >= 15 is 0 Å². The van der Waals surface area contributed by atoms with Crippen molar-refractivity contribution in [3.63, 3.8) is 0 Å². The molecule has 0 aliphatic rings. The van der Waals surface area contributed by atoms with Gasteiger partial charge in [0.1, 0.15) is 12.4 Å². The van der Waals surface area contributed by atoms with E-state index in [0.29, 0.717) is 12.5 Å². The van der Waals surface area contributed by atoms with Crippen molar-refractivity contribution in [2.24, 2.45) is 0 Å². The second-order valence-corrected chi connectivity index (χ2v) is 5.24. The quantitative estimate of drug-likeness (QED) is 0.642. The molecular weight excluding hydrogens is 282 g/mol. The normalized spacial score (nSPS) is 10.8. The summed E-state index contributed by atoms with van der Waals surface area (Å²) < 4.78 is 5.96. The van der Waals surface area contributed by atoms with Gasteiger partial charge in [0.2, 0.25) is 0 Å². The van der Waals surface area contributed by atoms with E-state index < -0.39 is 0 Å². The molecule has 0 radical (unpaired) electrons. The van der Waals surface area contributed by atoms with Gasteiger partial charge in [0.25, 0.3) is 0 Å². The van der Waals surface area contributed by atoms with Crippen molar-refractivity contribution in [3.05, 3.63) is 71.4 Å². The smallest absolute Gasteiger partial charge is 0.124 e. The number of halogens is 1. The Kier molecular flexibility index (Phi) is 4.07. The van der Waals surface area contributed by atoms with Gasteiger partial charge in [-0.2, -0.15) is 0 Å². The van der Waals surface area contributed by atoms with Gasteiger partial charge in [-0.1, -0.05) is 36.4 Å². The number of rotatable bonds is 4. The average Bonchev–Trinajstić information content (AvgIpc) is 2.52. The molecule has 0 amide bonds. The Balaban J connectivity index is 1.92. The lowest BCUT2D eigenvalue weighted by molar-refractivity contribution is 0.305. The third-order valence-electron chi connectivity index (χ3n) is 3.43.